The van der Waals surface area contributed by atoms with Crippen LogP contribution in [0.5, 0.6) is 11.5 Å². The van der Waals surface area contributed by atoms with Crippen molar-refractivity contribution in [3.63, 3.8) is 0 Å². The minimum Gasteiger partial charge on any atom is -0.493 e. The number of fused-ring (bicyclic) bond motifs is 1. The number of halogens is 1. The van der Waals surface area contributed by atoms with Crippen molar-refractivity contribution in [3.05, 3.63) is 64.3 Å². The van der Waals surface area contributed by atoms with Crippen molar-refractivity contribution >= 4 is 38.8 Å². The highest BCUT2D eigenvalue weighted by Gasteiger charge is 2.05. The Balaban J connectivity index is 0.000000469. The number of rotatable bonds is 6. The first-order chi connectivity index (χ1) is 14.3. The number of nitrogens with zero attached hydrogens (tertiary/aromatic N) is 1. The molecule has 0 aliphatic rings. The molecule has 158 valence electrons. The zero-order chi connectivity index (χ0) is 22.1. The molecule has 3 rings (SSSR count). The van der Waals surface area contributed by atoms with E-state index in [4.69, 9.17) is 29.3 Å². The van der Waals surface area contributed by atoms with Gasteiger partial charge in [0.15, 0.2) is 0 Å². The molecule has 0 saturated carbocycles. The van der Waals surface area contributed by atoms with Crippen LogP contribution in [0.4, 0.5) is 0 Å². The van der Waals surface area contributed by atoms with Gasteiger partial charge in [0.2, 0.25) is 0 Å². The lowest BCUT2D eigenvalue weighted by Gasteiger charge is -2.11. The highest BCUT2D eigenvalue weighted by atomic mass is 79.9. The molecule has 1 heterocycles. The summed E-state index contributed by atoms with van der Waals surface area (Å²) in [5, 5.41) is 15.9. The normalized spacial score (nSPS) is 10.1. The molecule has 0 atom stereocenters. The first kappa shape index (κ1) is 23.2. The Morgan fingerprint density at radius 3 is 2.23 bits per heavy atom. The van der Waals surface area contributed by atoms with Gasteiger partial charge in [-0.3, -0.25) is 0 Å². The maximum absolute atomic E-state index is 9.10. The Kier molecular flexibility index (Phi) is 8.61. The van der Waals surface area contributed by atoms with Crippen LogP contribution in [-0.4, -0.2) is 40.3 Å². The summed E-state index contributed by atoms with van der Waals surface area (Å²) < 4.78 is 12.8. The maximum atomic E-state index is 9.10. The van der Waals surface area contributed by atoms with Crippen molar-refractivity contribution in [3.8, 4) is 11.5 Å². The van der Waals surface area contributed by atoms with Crippen LogP contribution >= 0.6 is 15.9 Å². The van der Waals surface area contributed by atoms with E-state index in [1.165, 1.54) is 0 Å². The van der Waals surface area contributed by atoms with Crippen LogP contribution in [0.25, 0.3) is 10.9 Å². The van der Waals surface area contributed by atoms with Crippen LogP contribution in [0, 0.1) is 13.8 Å². The lowest BCUT2D eigenvalue weighted by molar-refractivity contribution is -0.159. The van der Waals surface area contributed by atoms with Gasteiger partial charge in [0.1, 0.15) is 17.0 Å². The second kappa shape index (κ2) is 11.2. The molecule has 2 N–H and O–H groups in total. The summed E-state index contributed by atoms with van der Waals surface area (Å²) in [6.07, 6.45) is 0.817. The van der Waals surface area contributed by atoms with Crippen LogP contribution < -0.4 is 9.47 Å². The average molecular weight is 476 g/mol. The third kappa shape index (κ3) is 7.04. The number of carboxylic acid groups (broad SMARTS) is 2. The summed E-state index contributed by atoms with van der Waals surface area (Å²) in [5.74, 6) is -1.90. The van der Waals surface area contributed by atoms with Crippen molar-refractivity contribution < 1.29 is 29.3 Å². The summed E-state index contributed by atoms with van der Waals surface area (Å²) in [7, 11) is 0. The molecule has 2 aromatic carbocycles. The Morgan fingerprint density at radius 1 is 0.933 bits per heavy atom. The molecule has 0 aliphatic heterocycles. The standard InChI is InChI=1S/C20H20BrNO2.C2H2O4/c1-14-13-17(21)9-10-18(14)23-11-4-12-24-19-6-3-5-16-8-7-15(2)22-20(16)19;3-1(4)2(5)6/h3,5-10,13H,4,11-12H2,1-2H3;(H,3,4)(H,5,6). The van der Waals surface area contributed by atoms with Crippen LogP contribution in [0.3, 0.4) is 0 Å². The quantitative estimate of drug-likeness (QED) is 0.395. The van der Waals surface area contributed by atoms with E-state index in [0.29, 0.717) is 13.2 Å². The van der Waals surface area contributed by atoms with E-state index in [1.54, 1.807) is 0 Å². The van der Waals surface area contributed by atoms with Gasteiger partial charge in [-0.15, -0.1) is 0 Å². The predicted molar refractivity (Wildman–Crippen MR) is 116 cm³/mol. The highest BCUT2D eigenvalue weighted by molar-refractivity contribution is 9.10. The molecule has 8 heteroatoms. The molecule has 0 amide bonds. The third-order valence-electron chi connectivity index (χ3n) is 3.95. The van der Waals surface area contributed by atoms with Gasteiger partial charge in [0.05, 0.1) is 13.2 Å². The Bertz CT molecular complexity index is 1030. The SMILES string of the molecule is Cc1ccc2cccc(OCCCOc3ccc(Br)cc3C)c2n1.O=C(O)C(=O)O. The molecule has 0 saturated heterocycles. The van der Waals surface area contributed by atoms with Gasteiger partial charge in [-0.1, -0.05) is 34.1 Å². The molecule has 0 radical (unpaired) electrons. The van der Waals surface area contributed by atoms with Crippen molar-refractivity contribution in [1.29, 1.82) is 0 Å². The summed E-state index contributed by atoms with van der Waals surface area (Å²) in [4.78, 5) is 22.8. The van der Waals surface area contributed by atoms with E-state index in [0.717, 1.165) is 44.6 Å². The first-order valence-electron chi connectivity index (χ1n) is 9.12. The number of carbonyl (C=O) groups is 2. The predicted octanol–water partition coefficient (Wildman–Crippen LogP) is 4.62. The molecule has 0 spiro atoms. The van der Waals surface area contributed by atoms with E-state index >= 15 is 0 Å². The van der Waals surface area contributed by atoms with E-state index in [2.05, 4.69) is 33.0 Å². The Labute approximate surface area is 182 Å². The lowest BCUT2D eigenvalue weighted by Crippen LogP contribution is -2.09. The summed E-state index contributed by atoms with van der Waals surface area (Å²) >= 11 is 3.46. The van der Waals surface area contributed by atoms with Crippen LogP contribution in [-0.2, 0) is 9.59 Å². The van der Waals surface area contributed by atoms with Crippen LogP contribution in [0.1, 0.15) is 17.7 Å². The fourth-order valence-corrected chi connectivity index (χ4v) is 3.01. The maximum Gasteiger partial charge on any atom is 0.414 e. The number of benzene rings is 2. The lowest BCUT2D eigenvalue weighted by atomic mass is 10.2. The molecule has 3 aromatic rings. The smallest absolute Gasteiger partial charge is 0.414 e. The molecule has 0 unspecified atom stereocenters. The van der Waals surface area contributed by atoms with Crippen LogP contribution in [0.2, 0.25) is 0 Å². The van der Waals surface area contributed by atoms with E-state index < -0.39 is 11.9 Å². The van der Waals surface area contributed by atoms with E-state index in [9.17, 15) is 0 Å². The number of aliphatic carboxylic acids is 2. The molecule has 0 fully saturated rings. The molecule has 7 nitrogen and oxygen atoms in total. The summed E-state index contributed by atoms with van der Waals surface area (Å²) in [6, 6.07) is 16.1. The second-order valence-corrected chi connectivity index (χ2v) is 7.27. The van der Waals surface area contributed by atoms with Crippen LogP contribution in [0.15, 0.2) is 53.0 Å². The average Bonchev–Trinajstić information content (AvgIpc) is 2.69. The second-order valence-electron chi connectivity index (χ2n) is 6.35. The first-order valence-corrected chi connectivity index (χ1v) is 9.91. The minimum absolute atomic E-state index is 0.601. The number of ether oxygens (including phenoxy) is 2. The number of pyridine rings is 1. The van der Waals surface area contributed by atoms with Gasteiger partial charge in [-0.05, 0) is 49.7 Å². The highest BCUT2D eigenvalue weighted by Crippen LogP contribution is 2.24. The number of carboxylic acids is 2. The Hall–Kier alpha value is -3.13. The fourth-order valence-electron chi connectivity index (χ4n) is 2.53. The number of para-hydroxylation sites is 1. The van der Waals surface area contributed by atoms with E-state index in [1.807, 2.05) is 50.2 Å². The zero-order valence-electron chi connectivity index (χ0n) is 16.6. The number of aromatic nitrogens is 1. The van der Waals surface area contributed by atoms with Gasteiger partial charge in [-0.2, -0.15) is 0 Å². The van der Waals surface area contributed by atoms with Gasteiger partial charge in [0.25, 0.3) is 0 Å². The molecule has 0 bridgehead atoms. The Morgan fingerprint density at radius 2 is 1.60 bits per heavy atom. The zero-order valence-corrected chi connectivity index (χ0v) is 18.2. The van der Waals surface area contributed by atoms with E-state index in [-0.39, 0.29) is 0 Å². The minimum atomic E-state index is -1.82. The van der Waals surface area contributed by atoms with Gasteiger partial charge < -0.3 is 19.7 Å². The molecule has 0 aliphatic carbocycles. The number of hydrogen-bond donors (Lipinski definition) is 2. The summed E-state index contributed by atoms with van der Waals surface area (Å²) in [5.41, 5.74) is 3.04. The molecule has 30 heavy (non-hydrogen) atoms. The monoisotopic (exact) mass is 475 g/mol. The topological polar surface area (TPSA) is 106 Å². The van der Waals surface area contributed by atoms with Gasteiger partial charge in [0, 0.05) is 22.0 Å². The molecular formula is C22H22BrNO6. The van der Waals surface area contributed by atoms with Gasteiger partial charge in [-0.25, -0.2) is 14.6 Å². The summed E-state index contributed by atoms with van der Waals surface area (Å²) in [6.45, 7) is 5.26. The van der Waals surface area contributed by atoms with Crippen molar-refractivity contribution in [2.75, 3.05) is 13.2 Å². The van der Waals surface area contributed by atoms with Gasteiger partial charge >= 0.3 is 11.9 Å². The fraction of sp³-hybridized carbons (Fsp3) is 0.227. The molecular weight excluding hydrogens is 454 g/mol. The molecule has 1 aromatic heterocycles. The van der Waals surface area contributed by atoms with Crippen molar-refractivity contribution in [2.45, 2.75) is 20.3 Å². The van der Waals surface area contributed by atoms with Crippen molar-refractivity contribution in [2.24, 2.45) is 0 Å². The largest absolute Gasteiger partial charge is 0.493 e. The third-order valence-corrected chi connectivity index (χ3v) is 4.44. The number of hydrogen-bond acceptors (Lipinski definition) is 5. The van der Waals surface area contributed by atoms with Crippen molar-refractivity contribution in [1.82, 2.24) is 4.98 Å². The number of aryl methyl sites for hydroxylation is 2.